The highest BCUT2D eigenvalue weighted by molar-refractivity contribution is 6.33. The minimum absolute atomic E-state index is 0.0520. The summed E-state index contributed by atoms with van der Waals surface area (Å²) in [5.74, 6) is -0.990. The van der Waals surface area contributed by atoms with E-state index in [0.29, 0.717) is 10.7 Å². The molecule has 0 aliphatic rings. The van der Waals surface area contributed by atoms with Gasteiger partial charge in [0.2, 0.25) is 0 Å². The summed E-state index contributed by atoms with van der Waals surface area (Å²) in [5, 5.41) is 12.5. The number of carboxylic acids is 1. The predicted octanol–water partition coefficient (Wildman–Crippen LogP) is 3.61. The highest BCUT2D eigenvalue weighted by atomic mass is 35.5. The molecule has 2 aromatic rings. The zero-order valence-electron chi connectivity index (χ0n) is 10.3. The second kappa shape index (κ2) is 5.71. The van der Waals surface area contributed by atoms with E-state index in [2.05, 4.69) is 10.3 Å². The molecule has 1 aromatic carbocycles. The molecule has 5 heteroatoms. The number of nitrogens with zero attached hydrogens (tertiary/aromatic N) is 1. The smallest absolute Gasteiger partial charge is 0.335 e. The fraction of sp³-hybridized carbons (Fsp3) is 0.143. The molecule has 0 aliphatic carbocycles. The van der Waals surface area contributed by atoms with Crippen LogP contribution < -0.4 is 5.32 Å². The maximum atomic E-state index is 10.8. The van der Waals surface area contributed by atoms with Crippen molar-refractivity contribution in [3.8, 4) is 0 Å². The number of aromatic nitrogens is 1. The number of rotatable bonds is 4. The monoisotopic (exact) mass is 276 g/mol. The van der Waals surface area contributed by atoms with E-state index in [1.807, 2.05) is 19.1 Å². The number of benzene rings is 1. The van der Waals surface area contributed by atoms with Gasteiger partial charge in [-0.15, -0.1) is 0 Å². The predicted molar refractivity (Wildman–Crippen MR) is 74.7 cm³/mol. The molecule has 0 saturated heterocycles. The van der Waals surface area contributed by atoms with Crippen molar-refractivity contribution in [1.29, 1.82) is 0 Å². The molecule has 0 fully saturated rings. The van der Waals surface area contributed by atoms with E-state index in [-0.39, 0.29) is 11.6 Å². The molecule has 98 valence electrons. The number of carbonyl (C=O) groups is 1. The van der Waals surface area contributed by atoms with Gasteiger partial charge in [-0.1, -0.05) is 11.6 Å². The van der Waals surface area contributed by atoms with Crippen LogP contribution in [0.2, 0.25) is 5.02 Å². The van der Waals surface area contributed by atoms with Crippen LogP contribution in [0.15, 0.2) is 42.7 Å². The van der Waals surface area contributed by atoms with Crippen LogP contribution in [0.5, 0.6) is 0 Å². The molecule has 1 unspecified atom stereocenters. The quantitative estimate of drug-likeness (QED) is 0.895. The van der Waals surface area contributed by atoms with Gasteiger partial charge in [-0.25, -0.2) is 4.79 Å². The molecular formula is C14H13ClN2O2. The number of hydrogen-bond acceptors (Lipinski definition) is 3. The summed E-state index contributed by atoms with van der Waals surface area (Å²) >= 11 is 6.07. The van der Waals surface area contributed by atoms with Crippen molar-refractivity contribution in [2.45, 2.75) is 13.0 Å². The van der Waals surface area contributed by atoms with Crippen molar-refractivity contribution in [1.82, 2.24) is 4.98 Å². The Labute approximate surface area is 116 Å². The number of carboxylic acid groups (broad SMARTS) is 1. The van der Waals surface area contributed by atoms with Crippen LogP contribution in [-0.4, -0.2) is 16.1 Å². The van der Waals surface area contributed by atoms with Gasteiger partial charge in [-0.3, -0.25) is 4.98 Å². The van der Waals surface area contributed by atoms with Gasteiger partial charge in [-0.2, -0.15) is 0 Å². The minimum Gasteiger partial charge on any atom is -0.478 e. The number of anilines is 1. The lowest BCUT2D eigenvalue weighted by Crippen LogP contribution is -2.07. The van der Waals surface area contributed by atoms with Crippen LogP contribution in [-0.2, 0) is 0 Å². The molecule has 4 nitrogen and oxygen atoms in total. The zero-order valence-corrected chi connectivity index (χ0v) is 11.1. The molecule has 1 atom stereocenters. The molecule has 2 N–H and O–H groups in total. The van der Waals surface area contributed by atoms with Crippen LogP contribution in [0, 0.1) is 0 Å². The Morgan fingerprint density at radius 3 is 2.58 bits per heavy atom. The third-order valence-corrected chi connectivity index (χ3v) is 3.11. The highest BCUT2D eigenvalue weighted by Crippen LogP contribution is 2.27. The third kappa shape index (κ3) is 3.23. The molecule has 0 amide bonds. The third-order valence-electron chi connectivity index (χ3n) is 2.79. The largest absolute Gasteiger partial charge is 0.478 e. The summed E-state index contributed by atoms with van der Waals surface area (Å²) in [4.78, 5) is 14.8. The fourth-order valence-electron chi connectivity index (χ4n) is 1.73. The van der Waals surface area contributed by atoms with Crippen LogP contribution >= 0.6 is 11.6 Å². The Morgan fingerprint density at radius 2 is 2.00 bits per heavy atom. The molecule has 0 saturated carbocycles. The Morgan fingerprint density at radius 1 is 1.32 bits per heavy atom. The van der Waals surface area contributed by atoms with Crippen LogP contribution in [0.25, 0.3) is 0 Å². The van der Waals surface area contributed by atoms with E-state index in [9.17, 15) is 4.79 Å². The summed E-state index contributed by atoms with van der Waals surface area (Å²) in [6.07, 6.45) is 3.45. The number of halogens is 1. The number of pyridine rings is 1. The normalized spacial score (nSPS) is 11.9. The van der Waals surface area contributed by atoms with E-state index in [4.69, 9.17) is 16.7 Å². The molecule has 0 aliphatic heterocycles. The second-order valence-electron chi connectivity index (χ2n) is 4.15. The van der Waals surface area contributed by atoms with Crippen LogP contribution in [0.4, 0.5) is 5.69 Å². The van der Waals surface area contributed by atoms with Gasteiger partial charge in [0.25, 0.3) is 0 Å². The number of hydrogen-bond donors (Lipinski definition) is 2. The van der Waals surface area contributed by atoms with Crippen molar-refractivity contribution >= 4 is 23.3 Å². The first-order valence-corrected chi connectivity index (χ1v) is 6.15. The van der Waals surface area contributed by atoms with E-state index in [1.54, 1.807) is 18.5 Å². The average molecular weight is 277 g/mol. The first-order valence-electron chi connectivity index (χ1n) is 5.77. The Hall–Kier alpha value is -2.07. The minimum atomic E-state index is -0.990. The highest BCUT2D eigenvalue weighted by Gasteiger charge is 2.10. The molecule has 2 rings (SSSR count). The lowest BCUT2D eigenvalue weighted by molar-refractivity contribution is 0.0697. The van der Waals surface area contributed by atoms with Gasteiger partial charge in [0.1, 0.15) is 0 Å². The first-order chi connectivity index (χ1) is 9.08. The molecule has 1 aromatic heterocycles. The number of nitrogens with one attached hydrogen (secondary N) is 1. The van der Waals surface area contributed by atoms with Crippen LogP contribution in [0.1, 0.15) is 28.9 Å². The SMILES string of the molecule is CC(Nc1ccc(C(=O)O)cc1Cl)c1ccncc1. The average Bonchev–Trinajstić information content (AvgIpc) is 2.41. The summed E-state index contributed by atoms with van der Waals surface area (Å²) in [6, 6.07) is 8.51. The van der Waals surface area contributed by atoms with Gasteiger partial charge in [0.05, 0.1) is 16.3 Å². The Bertz CT molecular complexity index is 587. The molecular weight excluding hydrogens is 264 g/mol. The maximum absolute atomic E-state index is 10.8. The van der Waals surface area contributed by atoms with Crippen molar-refractivity contribution in [3.63, 3.8) is 0 Å². The van der Waals surface area contributed by atoms with E-state index < -0.39 is 5.97 Å². The summed E-state index contributed by atoms with van der Waals surface area (Å²) < 4.78 is 0. The Balaban J connectivity index is 2.18. The van der Waals surface area contributed by atoms with Gasteiger partial charge >= 0.3 is 5.97 Å². The number of aromatic carboxylic acids is 1. The van der Waals surface area contributed by atoms with Crippen LogP contribution in [0.3, 0.4) is 0 Å². The van der Waals surface area contributed by atoms with Crippen molar-refractivity contribution in [3.05, 3.63) is 58.9 Å². The molecule has 1 heterocycles. The lowest BCUT2D eigenvalue weighted by Gasteiger charge is -2.16. The fourth-order valence-corrected chi connectivity index (χ4v) is 1.97. The topological polar surface area (TPSA) is 62.2 Å². The molecule has 0 bridgehead atoms. The summed E-state index contributed by atoms with van der Waals surface area (Å²) in [7, 11) is 0. The van der Waals surface area contributed by atoms with E-state index in [1.165, 1.54) is 12.1 Å². The molecule has 0 spiro atoms. The standard InChI is InChI=1S/C14H13ClN2O2/c1-9(10-4-6-16-7-5-10)17-13-3-2-11(14(18)19)8-12(13)15/h2-9,17H,1H3,(H,18,19). The zero-order chi connectivity index (χ0) is 13.8. The summed E-state index contributed by atoms with van der Waals surface area (Å²) in [6.45, 7) is 2.00. The molecule has 0 radical (unpaired) electrons. The van der Waals surface area contributed by atoms with Crippen molar-refractivity contribution in [2.24, 2.45) is 0 Å². The van der Waals surface area contributed by atoms with Crippen molar-refractivity contribution in [2.75, 3.05) is 5.32 Å². The van der Waals surface area contributed by atoms with Gasteiger partial charge in [0, 0.05) is 18.4 Å². The van der Waals surface area contributed by atoms with E-state index in [0.717, 1.165) is 5.56 Å². The maximum Gasteiger partial charge on any atom is 0.335 e. The summed E-state index contributed by atoms with van der Waals surface area (Å²) in [5.41, 5.74) is 1.96. The van der Waals surface area contributed by atoms with Crippen molar-refractivity contribution < 1.29 is 9.90 Å². The first kappa shape index (κ1) is 13.4. The van der Waals surface area contributed by atoms with Gasteiger partial charge in [-0.05, 0) is 42.8 Å². The lowest BCUT2D eigenvalue weighted by atomic mass is 10.1. The molecule has 19 heavy (non-hydrogen) atoms. The second-order valence-corrected chi connectivity index (χ2v) is 4.55. The van der Waals surface area contributed by atoms with Gasteiger partial charge in [0.15, 0.2) is 0 Å². The van der Waals surface area contributed by atoms with Gasteiger partial charge < -0.3 is 10.4 Å². The Kier molecular flexibility index (Phi) is 4.02. The van der Waals surface area contributed by atoms with E-state index >= 15 is 0 Å².